The number of hydrogen-bond donors (Lipinski definition) is 1. The predicted molar refractivity (Wildman–Crippen MR) is 132 cm³/mol. The SMILES string of the molecule is CN=C(NCCS(=O)(=O)N1CCSCC1)N1CCC(OCC2CCCC2)CC1.I. The highest BCUT2D eigenvalue weighted by Gasteiger charge is 2.26. The number of hydrogen-bond acceptors (Lipinski definition) is 5. The zero-order chi connectivity index (χ0) is 19.8. The summed E-state index contributed by atoms with van der Waals surface area (Å²) >= 11 is 1.82. The summed E-state index contributed by atoms with van der Waals surface area (Å²) in [7, 11) is -1.41. The molecule has 0 aromatic heterocycles. The van der Waals surface area contributed by atoms with Gasteiger partial charge in [0.05, 0.1) is 11.9 Å². The number of thioether (sulfide) groups is 1. The van der Waals surface area contributed by atoms with Crippen molar-refractivity contribution in [3.05, 3.63) is 0 Å². The standard InChI is InChI=1S/C19H36N4O3S2.HI/c1-20-19(21-8-15-28(24,25)23-11-13-27-14-12-23)22-9-6-18(7-10-22)26-16-17-4-2-3-5-17;/h17-18H,2-16H2,1H3,(H,20,21);1H. The highest BCUT2D eigenvalue weighted by molar-refractivity contribution is 14.0. The lowest BCUT2D eigenvalue weighted by Gasteiger charge is -2.34. The minimum Gasteiger partial charge on any atom is -0.378 e. The van der Waals surface area contributed by atoms with Gasteiger partial charge in [0, 0.05) is 57.9 Å². The van der Waals surface area contributed by atoms with Gasteiger partial charge < -0.3 is 15.0 Å². The molecule has 0 radical (unpaired) electrons. The summed E-state index contributed by atoms with van der Waals surface area (Å²) in [6.45, 7) is 4.41. The lowest BCUT2D eigenvalue weighted by Crippen LogP contribution is -2.49. The summed E-state index contributed by atoms with van der Waals surface area (Å²) < 4.78 is 32.7. The Balaban J connectivity index is 0.00000300. The van der Waals surface area contributed by atoms with E-state index in [9.17, 15) is 8.42 Å². The molecular formula is C19H37IN4O3S2. The van der Waals surface area contributed by atoms with E-state index < -0.39 is 10.0 Å². The molecule has 10 heteroatoms. The largest absolute Gasteiger partial charge is 0.378 e. The van der Waals surface area contributed by atoms with Crippen molar-refractivity contribution in [1.29, 1.82) is 0 Å². The van der Waals surface area contributed by atoms with E-state index in [-0.39, 0.29) is 29.7 Å². The quantitative estimate of drug-likeness (QED) is 0.293. The molecule has 0 bridgehead atoms. The third-order valence-corrected chi connectivity index (χ3v) is 8.82. The third kappa shape index (κ3) is 8.01. The monoisotopic (exact) mass is 560 g/mol. The van der Waals surface area contributed by atoms with Crippen molar-refractivity contribution in [3.63, 3.8) is 0 Å². The topological polar surface area (TPSA) is 74.2 Å². The number of guanidine groups is 1. The number of piperidine rings is 1. The first-order valence-electron chi connectivity index (χ1n) is 10.7. The first kappa shape index (κ1) is 25.5. The molecular weight excluding hydrogens is 523 g/mol. The van der Waals surface area contributed by atoms with Gasteiger partial charge in [-0.2, -0.15) is 11.8 Å². The van der Waals surface area contributed by atoms with E-state index >= 15 is 0 Å². The van der Waals surface area contributed by atoms with Gasteiger partial charge in [0.1, 0.15) is 0 Å². The molecule has 3 rings (SSSR count). The number of likely N-dealkylation sites (tertiary alicyclic amines) is 1. The Morgan fingerprint density at radius 1 is 1.10 bits per heavy atom. The van der Waals surface area contributed by atoms with Crippen molar-refractivity contribution in [2.75, 3.05) is 63.6 Å². The molecule has 0 spiro atoms. The second kappa shape index (κ2) is 12.9. The van der Waals surface area contributed by atoms with Gasteiger partial charge in [0.25, 0.3) is 0 Å². The normalized spacial score (nSPS) is 23.2. The van der Waals surface area contributed by atoms with Crippen LogP contribution in [0.2, 0.25) is 0 Å². The van der Waals surface area contributed by atoms with E-state index in [1.807, 2.05) is 11.8 Å². The molecule has 0 amide bonds. The van der Waals surface area contributed by atoms with E-state index in [0.29, 0.717) is 25.7 Å². The summed E-state index contributed by atoms with van der Waals surface area (Å²) in [5.41, 5.74) is 0. The average Bonchev–Trinajstić information content (AvgIpc) is 3.25. The van der Waals surface area contributed by atoms with Crippen molar-refractivity contribution >= 4 is 51.7 Å². The van der Waals surface area contributed by atoms with E-state index in [2.05, 4.69) is 15.2 Å². The molecule has 1 N–H and O–H groups in total. The maximum Gasteiger partial charge on any atom is 0.215 e. The number of ether oxygens (including phenoxy) is 1. The molecule has 3 aliphatic rings. The van der Waals surface area contributed by atoms with Crippen molar-refractivity contribution in [3.8, 4) is 0 Å². The molecule has 29 heavy (non-hydrogen) atoms. The fraction of sp³-hybridized carbons (Fsp3) is 0.947. The zero-order valence-corrected chi connectivity index (χ0v) is 21.5. The molecule has 0 unspecified atom stereocenters. The number of nitrogens with zero attached hydrogens (tertiary/aromatic N) is 3. The second-order valence-electron chi connectivity index (χ2n) is 7.97. The Kier molecular flexibility index (Phi) is 11.4. The summed E-state index contributed by atoms with van der Waals surface area (Å²) in [5, 5.41) is 3.25. The van der Waals surface area contributed by atoms with Crippen molar-refractivity contribution < 1.29 is 13.2 Å². The molecule has 0 aromatic carbocycles. The van der Waals surface area contributed by atoms with Gasteiger partial charge in [0.2, 0.25) is 10.0 Å². The Hall–Kier alpha value is 0.220. The van der Waals surface area contributed by atoms with Crippen LogP contribution in [0.4, 0.5) is 0 Å². The van der Waals surface area contributed by atoms with Crippen LogP contribution < -0.4 is 5.32 Å². The first-order chi connectivity index (χ1) is 13.6. The molecule has 170 valence electrons. The zero-order valence-electron chi connectivity index (χ0n) is 17.6. The van der Waals surface area contributed by atoms with E-state index in [1.54, 1.807) is 11.4 Å². The Labute approximate surface area is 197 Å². The Bertz CT molecular complexity index is 601. The number of aliphatic imine (C=N–C) groups is 1. The Morgan fingerprint density at radius 3 is 2.38 bits per heavy atom. The van der Waals surface area contributed by atoms with Crippen LogP contribution in [0.1, 0.15) is 38.5 Å². The van der Waals surface area contributed by atoms with Gasteiger partial charge in [-0.05, 0) is 31.6 Å². The van der Waals surface area contributed by atoms with Crippen LogP contribution in [0.5, 0.6) is 0 Å². The summed E-state index contributed by atoms with van der Waals surface area (Å²) in [6, 6.07) is 0. The fourth-order valence-electron chi connectivity index (χ4n) is 4.26. The number of sulfonamides is 1. The lowest BCUT2D eigenvalue weighted by molar-refractivity contribution is 0.00104. The van der Waals surface area contributed by atoms with Gasteiger partial charge in [-0.15, -0.1) is 24.0 Å². The first-order valence-corrected chi connectivity index (χ1v) is 13.5. The van der Waals surface area contributed by atoms with Crippen LogP contribution in [0.3, 0.4) is 0 Å². The van der Waals surface area contributed by atoms with Gasteiger partial charge in [0.15, 0.2) is 5.96 Å². The summed E-state index contributed by atoms with van der Waals surface area (Å²) in [4.78, 5) is 6.58. The van der Waals surface area contributed by atoms with Crippen molar-refractivity contribution in [2.45, 2.75) is 44.6 Å². The van der Waals surface area contributed by atoms with Gasteiger partial charge >= 0.3 is 0 Å². The number of nitrogens with one attached hydrogen (secondary N) is 1. The van der Waals surface area contributed by atoms with E-state index in [1.165, 1.54) is 25.7 Å². The van der Waals surface area contributed by atoms with Crippen molar-refractivity contribution in [2.24, 2.45) is 10.9 Å². The fourth-order valence-corrected chi connectivity index (χ4v) is 6.75. The highest BCUT2D eigenvalue weighted by Crippen LogP contribution is 2.26. The van der Waals surface area contributed by atoms with Gasteiger partial charge in [-0.25, -0.2) is 12.7 Å². The molecule has 0 atom stereocenters. The molecule has 2 heterocycles. The maximum atomic E-state index is 12.5. The van der Waals surface area contributed by atoms with Crippen LogP contribution >= 0.6 is 35.7 Å². The predicted octanol–water partition coefficient (Wildman–Crippen LogP) is 2.23. The molecule has 1 aliphatic carbocycles. The maximum absolute atomic E-state index is 12.5. The molecule has 7 nitrogen and oxygen atoms in total. The number of halogens is 1. The third-order valence-electron chi connectivity index (χ3n) is 6.00. The summed E-state index contributed by atoms with van der Waals surface area (Å²) in [5.74, 6) is 3.49. The van der Waals surface area contributed by atoms with Crippen LogP contribution in [-0.2, 0) is 14.8 Å². The molecule has 3 fully saturated rings. The highest BCUT2D eigenvalue weighted by atomic mass is 127. The minimum absolute atomic E-state index is 0. The average molecular weight is 561 g/mol. The smallest absolute Gasteiger partial charge is 0.215 e. The van der Waals surface area contributed by atoms with Crippen LogP contribution in [0.25, 0.3) is 0 Å². The Morgan fingerprint density at radius 2 is 1.76 bits per heavy atom. The van der Waals surface area contributed by atoms with Gasteiger partial charge in [-0.1, -0.05) is 12.8 Å². The summed E-state index contributed by atoms with van der Waals surface area (Å²) in [6.07, 6.45) is 7.76. The van der Waals surface area contributed by atoms with Crippen LogP contribution in [0, 0.1) is 5.92 Å². The molecule has 2 saturated heterocycles. The minimum atomic E-state index is -3.18. The lowest BCUT2D eigenvalue weighted by atomic mass is 10.1. The van der Waals surface area contributed by atoms with Crippen molar-refractivity contribution in [1.82, 2.24) is 14.5 Å². The van der Waals surface area contributed by atoms with E-state index in [0.717, 1.165) is 55.9 Å². The van der Waals surface area contributed by atoms with Crippen LogP contribution in [-0.4, -0.2) is 93.3 Å². The van der Waals surface area contributed by atoms with Crippen LogP contribution in [0.15, 0.2) is 4.99 Å². The van der Waals surface area contributed by atoms with Gasteiger partial charge in [-0.3, -0.25) is 4.99 Å². The second-order valence-corrected chi connectivity index (χ2v) is 11.3. The van der Waals surface area contributed by atoms with E-state index in [4.69, 9.17) is 4.74 Å². The molecule has 1 saturated carbocycles. The molecule has 2 aliphatic heterocycles. The molecule has 0 aromatic rings. The number of rotatable bonds is 7.